The number of ether oxygens (including phenoxy) is 2. The molecule has 0 fully saturated rings. The molecule has 0 atom stereocenters. The molecule has 1 heterocycles. The highest BCUT2D eigenvalue weighted by molar-refractivity contribution is 5.41. The van der Waals surface area contributed by atoms with Gasteiger partial charge in [0.1, 0.15) is 0 Å². The highest BCUT2D eigenvalue weighted by atomic mass is 17.0. The van der Waals surface area contributed by atoms with Gasteiger partial charge < -0.3 is 9.47 Å². The molecule has 58 valence electrons. The van der Waals surface area contributed by atoms with Crippen molar-refractivity contribution in [3.8, 4) is 11.5 Å². The third kappa shape index (κ3) is 1.02. The Morgan fingerprint density at radius 1 is 1.00 bits per heavy atom. The lowest BCUT2D eigenvalue weighted by molar-refractivity contribution is -0.385. The second kappa shape index (κ2) is 1.87. The minimum absolute atomic E-state index is 0.331. The Kier molecular flexibility index (Phi) is 1.10. The molecule has 0 aliphatic carbocycles. The van der Waals surface area contributed by atoms with E-state index < -0.39 is 6.16 Å². The zero-order chi connectivity index (χ0) is 7.90. The van der Waals surface area contributed by atoms with Gasteiger partial charge in [-0.05, 0) is 12.1 Å². The molecule has 0 saturated carbocycles. The lowest BCUT2D eigenvalue weighted by Crippen LogP contribution is -2.37. The van der Waals surface area contributed by atoms with Crippen molar-refractivity contribution in [1.82, 2.24) is 0 Å². The van der Waals surface area contributed by atoms with Gasteiger partial charge in [-0.1, -0.05) is 12.1 Å². The summed E-state index contributed by atoms with van der Waals surface area (Å²) in [6, 6.07) is 6.60. The molecule has 0 bridgehead atoms. The van der Waals surface area contributed by atoms with E-state index in [0.29, 0.717) is 11.5 Å². The number of benzene rings is 1. The van der Waals surface area contributed by atoms with Gasteiger partial charge in [0.05, 0.1) is 0 Å². The summed E-state index contributed by atoms with van der Waals surface area (Å²) in [5.41, 5.74) is 0. The van der Waals surface area contributed by atoms with Crippen molar-refractivity contribution in [1.29, 1.82) is 0 Å². The Bertz CT molecular complexity index is 255. The summed E-state index contributed by atoms with van der Waals surface area (Å²) >= 11 is 0. The van der Waals surface area contributed by atoms with Gasteiger partial charge in [-0.25, -0.2) is 0 Å². The molecule has 1 aromatic carbocycles. The van der Waals surface area contributed by atoms with Crippen molar-refractivity contribution < 1.29 is 19.7 Å². The van der Waals surface area contributed by atoms with Crippen LogP contribution in [-0.4, -0.2) is 16.4 Å². The summed E-state index contributed by atoms with van der Waals surface area (Å²) in [5, 5.41) is 17.7. The topological polar surface area (TPSA) is 58.9 Å². The maximum Gasteiger partial charge on any atom is 0.505 e. The van der Waals surface area contributed by atoms with Crippen LogP contribution < -0.4 is 9.47 Å². The number of fused-ring (bicyclic) bond motifs is 1. The number of hydrogen-bond donors (Lipinski definition) is 2. The van der Waals surface area contributed by atoms with Crippen LogP contribution in [-0.2, 0) is 0 Å². The average Bonchev–Trinajstić information content (AvgIpc) is 2.21. The Hall–Kier alpha value is -1.26. The molecule has 0 radical (unpaired) electrons. The molecule has 0 spiro atoms. The zero-order valence-corrected chi connectivity index (χ0v) is 5.52. The molecule has 1 aliphatic heterocycles. The smallest absolute Gasteiger partial charge is 0.403 e. The zero-order valence-electron chi connectivity index (χ0n) is 5.52. The Balaban J connectivity index is 2.41. The Morgan fingerprint density at radius 3 is 1.91 bits per heavy atom. The second-order valence-electron chi connectivity index (χ2n) is 2.20. The van der Waals surface area contributed by atoms with Gasteiger partial charge in [0.2, 0.25) is 0 Å². The van der Waals surface area contributed by atoms with Crippen LogP contribution in [0.4, 0.5) is 0 Å². The molecule has 2 N–H and O–H groups in total. The van der Waals surface area contributed by atoms with Crippen molar-refractivity contribution in [3.63, 3.8) is 0 Å². The Morgan fingerprint density at radius 2 is 1.45 bits per heavy atom. The summed E-state index contributed by atoms with van der Waals surface area (Å²) < 4.78 is 9.17. The predicted octanol–water partition coefficient (Wildman–Crippen LogP) is 0.0537. The van der Waals surface area contributed by atoms with Crippen molar-refractivity contribution in [2.24, 2.45) is 0 Å². The number of hydrogen-bond acceptors (Lipinski definition) is 4. The molecule has 0 amide bonds. The Labute approximate surface area is 62.6 Å². The minimum Gasteiger partial charge on any atom is -0.403 e. The quantitative estimate of drug-likeness (QED) is 0.518. The third-order valence-corrected chi connectivity index (χ3v) is 1.33. The van der Waals surface area contributed by atoms with Gasteiger partial charge >= 0.3 is 6.16 Å². The van der Waals surface area contributed by atoms with Crippen molar-refractivity contribution in [3.05, 3.63) is 24.3 Å². The molecule has 4 nitrogen and oxygen atoms in total. The van der Waals surface area contributed by atoms with E-state index in [9.17, 15) is 0 Å². The van der Waals surface area contributed by atoms with E-state index in [1.165, 1.54) is 0 Å². The molecule has 11 heavy (non-hydrogen) atoms. The molecule has 0 unspecified atom stereocenters. The molecule has 0 saturated heterocycles. The van der Waals surface area contributed by atoms with Crippen LogP contribution in [0.15, 0.2) is 24.3 Å². The summed E-state index contributed by atoms with van der Waals surface area (Å²) in [4.78, 5) is 0. The second-order valence-corrected chi connectivity index (χ2v) is 2.20. The van der Waals surface area contributed by atoms with E-state index in [-0.39, 0.29) is 0 Å². The first-order chi connectivity index (χ1) is 5.17. The highest BCUT2D eigenvalue weighted by Crippen LogP contribution is 2.36. The fourth-order valence-electron chi connectivity index (χ4n) is 0.926. The monoisotopic (exact) mass is 154 g/mol. The summed E-state index contributed by atoms with van der Waals surface area (Å²) in [5.74, 6) is 0.662. The van der Waals surface area contributed by atoms with Gasteiger partial charge in [0.25, 0.3) is 0 Å². The van der Waals surface area contributed by atoms with E-state index in [0.717, 1.165) is 0 Å². The van der Waals surface area contributed by atoms with Gasteiger partial charge in [0.15, 0.2) is 11.5 Å². The lowest BCUT2D eigenvalue weighted by atomic mass is 10.3. The van der Waals surface area contributed by atoms with Crippen LogP contribution >= 0.6 is 0 Å². The summed E-state index contributed by atoms with van der Waals surface area (Å²) in [6.07, 6.45) is -2.50. The van der Waals surface area contributed by atoms with Crippen molar-refractivity contribution >= 4 is 0 Å². The van der Waals surface area contributed by atoms with E-state index in [1.807, 2.05) is 0 Å². The molecule has 0 aromatic heterocycles. The first-order valence-electron chi connectivity index (χ1n) is 3.09. The third-order valence-electron chi connectivity index (χ3n) is 1.33. The van der Waals surface area contributed by atoms with E-state index in [1.54, 1.807) is 24.3 Å². The van der Waals surface area contributed by atoms with E-state index >= 15 is 0 Å². The molecular weight excluding hydrogens is 148 g/mol. The summed E-state index contributed by atoms with van der Waals surface area (Å²) in [6.45, 7) is 0. The van der Waals surface area contributed by atoms with Gasteiger partial charge in [-0.3, -0.25) is 10.2 Å². The molecule has 1 aliphatic rings. The van der Waals surface area contributed by atoms with Crippen molar-refractivity contribution in [2.75, 3.05) is 0 Å². The maximum atomic E-state index is 8.83. The molecular formula is C7H6O4. The van der Waals surface area contributed by atoms with Gasteiger partial charge in [-0.2, -0.15) is 0 Å². The fraction of sp³-hybridized carbons (Fsp3) is 0.143. The van der Waals surface area contributed by atoms with Gasteiger partial charge in [0, 0.05) is 0 Å². The normalized spacial score (nSPS) is 18.4. The van der Waals surface area contributed by atoms with Gasteiger partial charge in [-0.15, -0.1) is 0 Å². The highest BCUT2D eigenvalue weighted by Gasteiger charge is 2.37. The average molecular weight is 154 g/mol. The SMILES string of the molecule is OC1(O)Oc2ccccc2O1. The number of aliphatic hydroxyl groups is 2. The van der Waals surface area contributed by atoms with Crippen LogP contribution in [0.1, 0.15) is 0 Å². The molecule has 4 heteroatoms. The van der Waals surface area contributed by atoms with Crippen LogP contribution in [0.3, 0.4) is 0 Å². The molecule has 1 aromatic rings. The maximum absolute atomic E-state index is 8.83. The lowest BCUT2D eigenvalue weighted by Gasteiger charge is -2.10. The largest absolute Gasteiger partial charge is 0.505 e. The van der Waals surface area contributed by atoms with Crippen LogP contribution in [0.2, 0.25) is 0 Å². The van der Waals surface area contributed by atoms with Crippen LogP contribution in [0.25, 0.3) is 0 Å². The fourth-order valence-corrected chi connectivity index (χ4v) is 0.926. The number of rotatable bonds is 0. The first kappa shape index (κ1) is 6.45. The first-order valence-corrected chi connectivity index (χ1v) is 3.09. The van der Waals surface area contributed by atoms with Crippen LogP contribution in [0, 0.1) is 0 Å². The van der Waals surface area contributed by atoms with E-state index in [2.05, 4.69) is 9.47 Å². The minimum atomic E-state index is -2.50. The standard InChI is InChI=1S/C7H6O4/c8-7(9)10-5-3-1-2-4-6(5)11-7/h1-4,8-9H. The van der Waals surface area contributed by atoms with Crippen molar-refractivity contribution in [2.45, 2.75) is 6.16 Å². The molecule has 2 rings (SSSR count). The van der Waals surface area contributed by atoms with E-state index in [4.69, 9.17) is 10.2 Å². The predicted molar refractivity (Wildman–Crippen MR) is 34.9 cm³/mol. The summed E-state index contributed by atoms with van der Waals surface area (Å²) in [7, 11) is 0. The van der Waals surface area contributed by atoms with Crippen LogP contribution in [0.5, 0.6) is 11.5 Å². The number of para-hydroxylation sites is 2.